The zero-order chi connectivity index (χ0) is 24.8. The summed E-state index contributed by atoms with van der Waals surface area (Å²) in [5, 5.41) is 2.99. The summed E-state index contributed by atoms with van der Waals surface area (Å²) in [7, 11) is 1.59. The quantitative estimate of drug-likeness (QED) is 0.363. The lowest BCUT2D eigenvalue weighted by Gasteiger charge is -2.37. The monoisotopic (exact) mass is 597 g/mol. The summed E-state index contributed by atoms with van der Waals surface area (Å²) < 4.78 is 7.12. The molecular formula is C27H25Br2N3O3. The SMILES string of the molecule is COc1c(Br)cc(Br)cc1/C=C/C(=O)Nc1ccccc1N1CCN(C(=O)c2ccccc2)CC1. The van der Waals surface area contributed by atoms with Crippen LogP contribution in [0.1, 0.15) is 15.9 Å². The van der Waals surface area contributed by atoms with Gasteiger partial charge in [0, 0.05) is 47.9 Å². The molecular weight excluding hydrogens is 574 g/mol. The van der Waals surface area contributed by atoms with Crippen LogP contribution in [0.3, 0.4) is 0 Å². The Labute approximate surface area is 221 Å². The van der Waals surface area contributed by atoms with Crippen molar-refractivity contribution in [1.29, 1.82) is 0 Å². The fraction of sp³-hybridized carbons (Fsp3) is 0.185. The molecule has 4 rings (SSSR count). The van der Waals surface area contributed by atoms with Gasteiger partial charge in [-0.05, 0) is 58.4 Å². The number of benzene rings is 3. The normalized spacial score (nSPS) is 13.7. The number of carbonyl (C=O) groups excluding carboxylic acids is 2. The summed E-state index contributed by atoms with van der Waals surface area (Å²) in [6.45, 7) is 2.61. The number of ether oxygens (including phenoxy) is 1. The number of nitrogens with zero attached hydrogens (tertiary/aromatic N) is 2. The fourth-order valence-corrected chi connectivity index (χ4v) is 5.45. The first-order valence-corrected chi connectivity index (χ1v) is 12.8. The maximum absolute atomic E-state index is 12.8. The zero-order valence-corrected chi connectivity index (χ0v) is 22.4. The molecule has 3 aromatic carbocycles. The molecule has 35 heavy (non-hydrogen) atoms. The Balaban J connectivity index is 1.42. The van der Waals surface area contributed by atoms with E-state index in [0.717, 1.165) is 25.9 Å². The van der Waals surface area contributed by atoms with Crippen LogP contribution in [0.5, 0.6) is 5.75 Å². The molecule has 180 valence electrons. The van der Waals surface area contributed by atoms with Crippen LogP contribution in [0.15, 0.2) is 81.8 Å². The summed E-state index contributed by atoms with van der Waals surface area (Å²) >= 11 is 6.95. The first-order chi connectivity index (χ1) is 17.0. The molecule has 3 aromatic rings. The van der Waals surface area contributed by atoms with Gasteiger partial charge in [0.1, 0.15) is 5.75 Å². The van der Waals surface area contributed by atoms with E-state index in [1.165, 1.54) is 6.08 Å². The van der Waals surface area contributed by atoms with Crippen molar-refractivity contribution in [1.82, 2.24) is 4.90 Å². The topological polar surface area (TPSA) is 61.9 Å². The fourth-order valence-electron chi connectivity index (χ4n) is 4.03. The van der Waals surface area contributed by atoms with Gasteiger partial charge in [-0.15, -0.1) is 0 Å². The van der Waals surface area contributed by atoms with Crippen LogP contribution in [0.25, 0.3) is 6.08 Å². The van der Waals surface area contributed by atoms with Crippen LogP contribution in [0.4, 0.5) is 11.4 Å². The summed E-state index contributed by atoms with van der Waals surface area (Å²) in [6.07, 6.45) is 3.21. The minimum absolute atomic E-state index is 0.0478. The van der Waals surface area contributed by atoms with Crippen LogP contribution in [-0.4, -0.2) is 50.0 Å². The van der Waals surface area contributed by atoms with Crippen LogP contribution >= 0.6 is 31.9 Å². The lowest BCUT2D eigenvalue weighted by Crippen LogP contribution is -2.49. The molecule has 0 spiro atoms. The van der Waals surface area contributed by atoms with Crippen LogP contribution in [-0.2, 0) is 4.79 Å². The third-order valence-electron chi connectivity index (χ3n) is 5.75. The Kier molecular flexibility index (Phi) is 8.25. The Hall–Kier alpha value is -3.10. The summed E-state index contributed by atoms with van der Waals surface area (Å²) in [5.41, 5.74) is 3.14. The standard InChI is InChI=1S/C27H25Br2N3O3/c1-35-26-20(17-21(28)18-22(26)29)11-12-25(33)30-23-9-5-6-10-24(23)31-13-15-32(16-14-31)27(34)19-7-3-2-4-8-19/h2-12,17-18H,13-16H2,1H3,(H,30,33)/b12-11+. The first-order valence-electron chi connectivity index (χ1n) is 11.2. The van der Waals surface area contributed by atoms with E-state index in [-0.39, 0.29) is 11.8 Å². The third-order valence-corrected chi connectivity index (χ3v) is 6.79. The average Bonchev–Trinajstić information content (AvgIpc) is 2.88. The van der Waals surface area contributed by atoms with Gasteiger partial charge >= 0.3 is 0 Å². The zero-order valence-electron chi connectivity index (χ0n) is 19.2. The van der Waals surface area contributed by atoms with E-state index >= 15 is 0 Å². The lowest BCUT2D eigenvalue weighted by atomic mass is 10.1. The van der Waals surface area contributed by atoms with Gasteiger partial charge < -0.3 is 19.9 Å². The van der Waals surface area contributed by atoms with E-state index < -0.39 is 0 Å². The Morgan fingerprint density at radius 3 is 2.34 bits per heavy atom. The third kappa shape index (κ3) is 6.13. The van der Waals surface area contributed by atoms with Crippen LogP contribution in [0.2, 0.25) is 0 Å². The number of nitrogens with one attached hydrogen (secondary N) is 1. The van der Waals surface area contributed by atoms with E-state index in [1.807, 2.05) is 71.6 Å². The number of halogens is 2. The summed E-state index contributed by atoms with van der Waals surface area (Å²) in [4.78, 5) is 29.6. The average molecular weight is 599 g/mol. The van der Waals surface area contributed by atoms with Crippen molar-refractivity contribution in [2.75, 3.05) is 43.5 Å². The largest absolute Gasteiger partial charge is 0.495 e. The van der Waals surface area contributed by atoms with Gasteiger partial charge in [-0.25, -0.2) is 0 Å². The molecule has 1 heterocycles. The van der Waals surface area contributed by atoms with Crippen LogP contribution < -0.4 is 15.0 Å². The Bertz CT molecular complexity index is 1240. The molecule has 8 heteroatoms. The molecule has 1 aliphatic rings. The highest BCUT2D eigenvalue weighted by Crippen LogP contribution is 2.33. The molecule has 1 N–H and O–H groups in total. The van der Waals surface area contributed by atoms with Crippen molar-refractivity contribution in [2.45, 2.75) is 0 Å². The van der Waals surface area contributed by atoms with Gasteiger partial charge in [0.25, 0.3) is 5.91 Å². The second-order valence-corrected chi connectivity index (χ2v) is 9.77. The van der Waals surface area contributed by atoms with E-state index in [0.29, 0.717) is 37.5 Å². The van der Waals surface area contributed by atoms with Gasteiger partial charge in [0.2, 0.25) is 5.91 Å². The van der Waals surface area contributed by atoms with Gasteiger partial charge in [0.15, 0.2) is 0 Å². The molecule has 0 radical (unpaired) electrons. The Morgan fingerprint density at radius 1 is 0.943 bits per heavy atom. The van der Waals surface area contributed by atoms with E-state index in [1.54, 1.807) is 13.2 Å². The van der Waals surface area contributed by atoms with Crippen molar-refractivity contribution in [3.05, 3.63) is 92.9 Å². The second kappa shape index (κ2) is 11.6. The van der Waals surface area contributed by atoms with Crippen molar-refractivity contribution in [3.8, 4) is 5.75 Å². The number of piperazine rings is 1. The summed E-state index contributed by atoms with van der Waals surface area (Å²) in [6, 6.07) is 20.8. The van der Waals surface area contributed by atoms with Gasteiger partial charge in [-0.2, -0.15) is 0 Å². The smallest absolute Gasteiger partial charge is 0.253 e. The first kappa shape index (κ1) is 25.0. The highest BCUT2D eigenvalue weighted by Gasteiger charge is 2.23. The molecule has 0 atom stereocenters. The van der Waals surface area contributed by atoms with Crippen molar-refractivity contribution >= 4 is 61.1 Å². The van der Waals surface area contributed by atoms with Crippen molar-refractivity contribution < 1.29 is 14.3 Å². The molecule has 2 amide bonds. The number of carbonyl (C=O) groups is 2. The molecule has 0 aromatic heterocycles. The van der Waals surface area contributed by atoms with E-state index in [2.05, 4.69) is 42.1 Å². The number of anilines is 2. The Morgan fingerprint density at radius 2 is 1.63 bits per heavy atom. The van der Waals surface area contributed by atoms with Crippen LogP contribution in [0, 0.1) is 0 Å². The lowest BCUT2D eigenvalue weighted by molar-refractivity contribution is -0.111. The highest BCUT2D eigenvalue weighted by molar-refractivity contribution is 9.11. The number of amides is 2. The highest BCUT2D eigenvalue weighted by atomic mass is 79.9. The number of para-hydroxylation sites is 2. The molecule has 0 bridgehead atoms. The minimum Gasteiger partial charge on any atom is -0.495 e. The summed E-state index contributed by atoms with van der Waals surface area (Å²) in [5.74, 6) is 0.459. The van der Waals surface area contributed by atoms with Gasteiger partial charge in [-0.1, -0.05) is 46.3 Å². The van der Waals surface area contributed by atoms with Crippen molar-refractivity contribution in [2.24, 2.45) is 0 Å². The van der Waals surface area contributed by atoms with Gasteiger partial charge in [0.05, 0.1) is 23.0 Å². The van der Waals surface area contributed by atoms with E-state index in [4.69, 9.17) is 4.74 Å². The molecule has 1 saturated heterocycles. The number of hydrogen-bond acceptors (Lipinski definition) is 4. The maximum Gasteiger partial charge on any atom is 0.253 e. The molecule has 1 fully saturated rings. The second-order valence-electron chi connectivity index (χ2n) is 8.00. The predicted octanol–water partition coefficient (Wildman–Crippen LogP) is 5.83. The predicted molar refractivity (Wildman–Crippen MR) is 147 cm³/mol. The molecule has 1 aliphatic heterocycles. The van der Waals surface area contributed by atoms with E-state index in [9.17, 15) is 9.59 Å². The van der Waals surface area contributed by atoms with Crippen molar-refractivity contribution in [3.63, 3.8) is 0 Å². The maximum atomic E-state index is 12.8. The van der Waals surface area contributed by atoms with Gasteiger partial charge in [-0.3, -0.25) is 9.59 Å². The molecule has 0 aliphatic carbocycles. The number of methoxy groups -OCH3 is 1. The minimum atomic E-state index is -0.242. The molecule has 0 unspecified atom stereocenters. The number of hydrogen-bond donors (Lipinski definition) is 1. The number of rotatable bonds is 6. The molecule has 0 saturated carbocycles. The molecule has 6 nitrogen and oxygen atoms in total.